The molecule has 24 heavy (non-hydrogen) atoms. The summed E-state index contributed by atoms with van der Waals surface area (Å²) < 4.78 is 0. The van der Waals surface area contributed by atoms with E-state index in [1.165, 1.54) is 7.11 Å². The lowest BCUT2D eigenvalue weighted by Crippen LogP contribution is -2.28. The maximum atomic E-state index is 12.5. The summed E-state index contributed by atoms with van der Waals surface area (Å²) in [7, 11) is 1.48. The lowest BCUT2D eigenvalue weighted by Gasteiger charge is -2.19. The monoisotopic (exact) mass is 326 g/mol. The van der Waals surface area contributed by atoms with Crippen LogP contribution in [0.3, 0.4) is 0 Å². The molecule has 0 saturated heterocycles. The summed E-state index contributed by atoms with van der Waals surface area (Å²) in [5, 5.41) is 15.8. The van der Waals surface area contributed by atoms with E-state index in [0.717, 1.165) is 11.1 Å². The molecule has 5 nitrogen and oxygen atoms in total. The summed E-state index contributed by atoms with van der Waals surface area (Å²) >= 11 is 0. The van der Waals surface area contributed by atoms with Crippen LogP contribution in [-0.2, 0) is 4.84 Å². The van der Waals surface area contributed by atoms with Crippen molar-refractivity contribution < 1.29 is 14.7 Å². The number of hydrogen-bond donors (Lipinski definition) is 2. The molecule has 5 heteroatoms. The van der Waals surface area contributed by atoms with E-state index in [4.69, 9.17) is 5.11 Å². The Morgan fingerprint density at radius 3 is 2.54 bits per heavy atom. The topological polar surface area (TPSA) is 70.9 Å². The van der Waals surface area contributed by atoms with Crippen molar-refractivity contribution in [3.63, 3.8) is 0 Å². The SMILES string of the molecule is CO/N=C/c1ccc(C(=O)NC(CCCO)c2ccccc2)cc1. The summed E-state index contributed by atoms with van der Waals surface area (Å²) in [4.78, 5) is 17.1. The average Bonchev–Trinajstić information content (AvgIpc) is 2.64. The molecule has 0 radical (unpaired) electrons. The quantitative estimate of drug-likeness (QED) is 0.579. The highest BCUT2D eigenvalue weighted by Gasteiger charge is 2.15. The van der Waals surface area contributed by atoms with Gasteiger partial charge in [-0.25, -0.2) is 0 Å². The van der Waals surface area contributed by atoms with Crippen molar-refractivity contribution in [2.24, 2.45) is 5.16 Å². The maximum absolute atomic E-state index is 12.5. The molecule has 0 bridgehead atoms. The number of hydrogen-bond acceptors (Lipinski definition) is 4. The molecule has 0 aliphatic carbocycles. The summed E-state index contributed by atoms with van der Waals surface area (Å²) in [6.07, 6.45) is 2.90. The van der Waals surface area contributed by atoms with E-state index < -0.39 is 0 Å². The molecule has 2 aromatic rings. The second kappa shape index (κ2) is 9.47. The molecule has 2 aromatic carbocycles. The fraction of sp³-hybridized carbons (Fsp3) is 0.263. The van der Waals surface area contributed by atoms with Gasteiger partial charge in [0.1, 0.15) is 7.11 Å². The number of carbonyl (C=O) groups excluding carboxylic acids is 1. The lowest BCUT2D eigenvalue weighted by molar-refractivity contribution is 0.0932. The normalized spacial score (nSPS) is 12.1. The number of aliphatic hydroxyl groups excluding tert-OH is 1. The van der Waals surface area contributed by atoms with Crippen LogP contribution in [0.5, 0.6) is 0 Å². The first-order valence-corrected chi connectivity index (χ1v) is 7.88. The third-order valence-corrected chi connectivity index (χ3v) is 3.64. The van der Waals surface area contributed by atoms with Crippen molar-refractivity contribution in [3.8, 4) is 0 Å². The third kappa shape index (κ3) is 5.21. The first-order chi connectivity index (χ1) is 11.7. The van der Waals surface area contributed by atoms with Crippen LogP contribution in [0.2, 0.25) is 0 Å². The Hall–Kier alpha value is -2.66. The summed E-state index contributed by atoms with van der Waals surface area (Å²) in [6.45, 7) is 0.104. The Morgan fingerprint density at radius 2 is 1.92 bits per heavy atom. The number of aliphatic hydroxyl groups is 1. The molecule has 0 aliphatic heterocycles. The largest absolute Gasteiger partial charge is 0.399 e. The molecular formula is C19H22N2O3. The van der Waals surface area contributed by atoms with E-state index in [2.05, 4.69) is 15.3 Å². The number of oxime groups is 1. The van der Waals surface area contributed by atoms with Crippen molar-refractivity contribution in [2.75, 3.05) is 13.7 Å². The van der Waals surface area contributed by atoms with Crippen LogP contribution in [-0.4, -0.2) is 30.9 Å². The number of nitrogens with one attached hydrogen (secondary N) is 1. The van der Waals surface area contributed by atoms with Crippen LogP contribution in [0, 0.1) is 0 Å². The van der Waals surface area contributed by atoms with Gasteiger partial charge in [-0.1, -0.05) is 47.6 Å². The zero-order chi connectivity index (χ0) is 17.2. The molecule has 1 atom stereocenters. The average molecular weight is 326 g/mol. The molecule has 1 unspecified atom stereocenters. The highest BCUT2D eigenvalue weighted by atomic mass is 16.6. The van der Waals surface area contributed by atoms with Gasteiger partial charge in [0.05, 0.1) is 12.3 Å². The first kappa shape index (κ1) is 17.7. The highest BCUT2D eigenvalue weighted by Crippen LogP contribution is 2.19. The van der Waals surface area contributed by atoms with Gasteiger partial charge < -0.3 is 15.3 Å². The molecule has 0 spiro atoms. The van der Waals surface area contributed by atoms with Crippen molar-refractivity contribution >= 4 is 12.1 Å². The zero-order valence-electron chi connectivity index (χ0n) is 13.7. The maximum Gasteiger partial charge on any atom is 0.251 e. The van der Waals surface area contributed by atoms with E-state index in [1.54, 1.807) is 18.3 Å². The minimum Gasteiger partial charge on any atom is -0.399 e. The molecule has 2 N–H and O–H groups in total. The van der Waals surface area contributed by atoms with Gasteiger partial charge in [0.25, 0.3) is 5.91 Å². The van der Waals surface area contributed by atoms with Gasteiger partial charge in [-0.3, -0.25) is 4.79 Å². The van der Waals surface area contributed by atoms with E-state index in [0.29, 0.717) is 18.4 Å². The fourth-order valence-electron chi connectivity index (χ4n) is 2.38. The van der Waals surface area contributed by atoms with Gasteiger partial charge >= 0.3 is 0 Å². The molecule has 0 heterocycles. The van der Waals surface area contributed by atoms with Crippen molar-refractivity contribution in [3.05, 3.63) is 71.3 Å². The van der Waals surface area contributed by atoms with Crippen LogP contribution >= 0.6 is 0 Å². The Morgan fingerprint density at radius 1 is 1.21 bits per heavy atom. The van der Waals surface area contributed by atoms with Gasteiger partial charge in [-0.05, 0) is 36.1 Å². The number of rotatable bonds is 8. The van der Waals surface area contributed by atoms with E-state index in [1.807, 2.05) is 42.5 Å². The fourth-order valence-corrected chi connectivity index (χ4v) is 2.38. The van der Waals surface area contributed by atoms with E-state index in [9.17, 15) is 4.79 Å². The van der Waals surface area contributed by atoms with Gasteiger partial charge in [0.2, 0.25) is 0 Å². The second-order valence-electron chi connectivity index (χ2n) is 5.34. The van der Waals surface area contributed by atoms with Gasteiger partial charge in [0.15, 0.2) is 0 Å². The molecule has 2 rings (SSSR count). The van der Waals surface area contributed by atoms with Crippen LogP contribution in [0.25, 0.3) is 0 Å². The number of carbonyl (C=O) groups is 1. The minimum absolute atomic E-state index is 0.104. The predicted octanol–water partition coefficient (Wildman–Crippen LogP) is 2.91. The number of nitrogens with zero attached hydrogens (tertiary/aromatic N) is 1. The highest BCUT2D eigenvalue weighted by molar-refractivity contribution is 5.95. The minimum atomic E-state index is -0.142. The van der Waals surface area contributed by atoms with Crippen molar-refractivity contribution in [1.29, 1.82) is 0 Å². The number of benzene rings is 2. The van der Waals surface area contributed by atoms with E-state index >= 15 is 0 Å². The lowest BCUT2D eigenvalue weighted by atomic mass is 10.0. The predicted molar refractivity (Wildman–Crippen MR) is 94.0 cm³/mol. The molecule has 0 saturated carbocycles. The third-order valence-electron chi connectivity index (χ3n) is 3.64. The molecule has 126 valence electrons. The van der Waals surface area contributed by atoms with Crippen molar-refractivity contribution in [2.45, 2.75) is 18.9 Å². The molecule has 0 fully saturated rings. The van der Waals surface area contributed by atoms with Crippen LogP contribution in [0.1, 0.15) is 40.4 Å². The summed E-state index contributed by atoms with van der Waals surface area (Å²) in [5.41, 5.74) is 2.46. The van der Waals surface area contributed by atoms with Crippen LogP contribution in [0.15, 0.2) is 59.8 Å². The van der Waals surface area contributed by atoms with Crippen molar-refractivity contribution in [1.82, 2.24) is 5.32 Å². The molecule has 0 aromatic heterocycles. The molecular weight excluding hydrogens is 304 g/mol. The zero-order valence-corrected chi connectivity index (χ0v) is 13.7. The Labute approximate surface area is 142 Å². The Balaban J connectivity index is 2.08. The van der Waals surface area contributed by atoms with Gasteiger partial charge in [-0.15, -0.1) is 0 Å². The Kier molecular flexibility index (Phi) is 6.98. The van der Waals surface area contributed by atoms with Gasteiger partial charge in [-0.2, -0.15) is 0 Å². The summed E-state index contributed by atoms with van der Waals surface area (Å²) in [6, 6.07) is 16.8. The number of amides is 1. The smallest absolute Gasteiger partial charge is 0.251 e. The second-order valence-corrected chi connectivity index (χ2v) is 5.34. The molecule has 1 amide bonds. The Bertz CT molecular complexity index is 654. The van der Waals surface area contributed by atoms with Gasteiger partial charge in [0, 0.05) is 12.2 Å². The summed E-state index contributed by atoms with van der Waals surface area (Å²) in [5.74, 6) is -0.142. The first-order valence-electron chi connectivity index (χ1n) is 7.88. The van der Waals surface area contributed by atoms with E-state index in [-0.39, 0.29) is 18.6 Å². The van der Waals surface area contributed by atoms with Crippen LogP contribution < -0.4 is 5.32 Å². The van der Waals surface area contributed by atoms with Crippen LogP contribution in [0.4, 0.5) is 0 Å². The molecule has 0 aliphatic rings. The standard InChI is InChI=1S/C19H22N2O3/c1-24-20-14-15-9-11-17(12-10-15)19(23)21-18(8-5-13-22)16-6-3-2-4-7-16/h2-4,6-7,9-12,14,18,22H,5,8,13H2,1H3,(H,21,23)/b20-14+.